The molecule has 2 aromatic rings. The first kappa shape index (κ1) is 21.1. The van der Waals surface area contributed by atoms with Crippen LogP contribution in [0.2, 0.25) is 0 Å². The first-order chi connectivity index (χ1) is 14.9. The molecule has 4 rings (SSSR count). The number of nitrogens with one attached hydrogen (secondary N) is 2. The average Bonchev–Trinajstić information content (AvgIpc) is 3.28. The van der Waals surface area contributed by atoms with Crippen molar-refractivity contribution in [2.45, 2.75) is 44.2 Å². The van der Waals surface area contributed by atoms with Crippen LogP contribution < -0.4 is 10.7 Å². The molecule has 2 atom stereocenters. The highest BCUT2D eigenvalue weighted by Gasteiger charge is 2.48. The highest BCUT2D eigenvalue weighted by atomic mass is 16.2. The number of rotatable bonds is 7. The van der Waals surface area contributed by atoms with E-state index in [-0.39, 0.29) is 18.5 Å². The maximum absolute atomic E-state index is 12.9. The van der Waals surface area contributed by atoms with Crippen LogP contribution in [0.4, 0.5) is 4.79 Å². The number of nitrogens with zero attached hydrogens (tertiary/aromatic N) is 2. The van der Waals surface area contributed by atoms with Gasteiger partial charge in [-0.25, -0.2) is 4.79 Å². The Balaban J connectivity index is 1.35. The molecule has 2 aliphatic rings. The molecule has 0 unspecified atom stereocenters. The maximum atomic E-state index is 12.9. The molecule has 31 heavy (non-hydrogen) atoms. The van der Waals surface area contributed by atoms with E-state index in [9.17, 15) is 14.4 Å². The molecular weight excluding hydrogens is 392 g/mol. The van der Waals surface area contributed by atoms with Crippen molar-refractivity contribution in [1.82, 2.24) is 20.7 Å². The molecule has 7 nitrogen and oxygen atoms in total. The summed E-state index contributed by atoms with van der Waals surface area (Å²) >= 11 is 0. The molecule has 7 heteroatoms. The van der Waals surface area contributed by atoms with Crippen molar-refractivity contribution in [3.63, 3.8) is 0 Å². The van der Waals surface area contributed by atoms with E-state index >= 15 is 0 Å². The van der Waals surface area contributed by atoms with Gasteiger partial charge in [0, 0.05) is 6.04 Å². The molecule has 1 saturated heterocycles. The summed E-state index contributed by atoms with van der Waals surface area (Å²) in [5, 5.41) is 3.56. The summed E-state index contributed by atoms with van der Waals surface area (Å²) in [4.78, 5) is 39.9. The van der Waals surface area contributed by atoms with Crippen LogP contribution in [-0.4, -0.2) is 46.9 Å². The fraction of sp³-hybridized carbons (Fsp3) is 0.375. The van der Waals surface area contributed by atoms with Crippen LogP contribution in [-0.2, 0) is 22.4 Å². The monoisotopic (exact) mass is 420 g/mol. The first-order valence-corrected chi connectivity index (χ1v) is 10.7. The number of imide groups is 1. The summed E-state index contributed by atoms with van der Waals surface area (Å²) in [5.41, 5.74) is 5.09. The highest BCUT2D eigenvalue weighted by molar-refractivity contribution is 6.07. The van der Waals surface area contributed by atoms with Crippen molar-refractivity contribution in [1.29, 1.82) is 0 Å². The zero-order valence-corrected chi connectivity index (χ0v) is 17.9. The summed E-state index contributed by atoms with van der Waals surface area (Å²) in [6, 6.07) is 17.6. The van der Waals surface area contributed by atoms with Crippen molar-refractivity contribution < 1.29 is 14.4 Å². The Morgan fingerprint density at radius 1 is 1.16 bits per heavy atom. The first-order valence-electron chi connectivity index (χ1n) is 10.7. The highest BCUT2D eigenvalue weighted by Crippen LogP contribution is 2.34. The van der Waals surface area contributed by atoms with Crippen LogP contribution >= 0.6 is 0 Å². The molecule has 162 valence electrons. The van der Waals surface area contributed by atoms with Gasteiger partial charge >= 0.3 is 6.03 Å². The van der Waals surface area contributed by atoms with Gasteiger partial charge in [0.25, 0.3) is 11.8 Å². The van der Waals surface area contributed by atoms with Crippen LogP contribution in [0.25, 0.3) is 0 Å². The second-order valence-electron chi connectivity index (χ2n) is 8.59. The van der Waals surface area contributed by atoms with E-state index in [0.717, 1.165) is 23.4 Å². The van der Waals surface area contributed by atoms with Gasteiger partial charge in [-0.2, -0.15) is 5.01 Å². The number of aryl methyl sites for hydroxylation is 2. The van der Waals surface area contributed by atoms with Gasteiger partial charge in [-0.05, 0) is 56.3 Å². The summed E-state index contributed by atoms with van der Waals surface area (Å²) in [6.45, 7) is 1.79. The Morgan fingerprint density at radius 2 is 1.87 bits per heavy atom. The Hall–Kier alpha value is -3.19. The molecule has 0 bridgehead atoms. The van der Waals surface area contributed by atoms with Gasteiger partial charge < -0.3 is 5.32 Å². The summed E-state index contributed by atoms with van der Waals surface area (Å²) in [5.74, 6) is -0.821. The predicted molar refractivity (Wildman–Crippen MR) is 117 cm³/mol. The quantitative estimate of drug-likeness (QED) is 0.675. The number of likely N-dealkylation sites (N-methyl/N-ethyl adjacent to an activating group) is 1. The molecule has 0 spiro atoms. The molecule has 0 aromatic heterocycles. The third kappa shape index (κ3) is 4.32. The standard InChI is InChI=1S/C24H28N4O3/c1-24(15-14-17-8-4-3-5-9-17)22(30)28(23(31)25-24)26-21(29)16-27(2)20-13-12-18-10-6-7-11-19(18)20/h3-11,20H,12-16H2,1-2H3,(H,25,31)(H,26,29)/t20-,24+/m1/s1. The van der Waals surface area contributed by atoms with Crippen LogP contribution in [0.5, 0.6) is 0 Å². The minimum absolute atomic E-state index is 0.0940. The normalized spacial score (nSPS) is 22.5. The Kier molecular flexibility index (Phi) is 5.78. The lowest BCUT2D eigenvalue weighted by atomic mass is 9.93. The maximum Gasteiger partial charge on any atom is 0.344 e. The fourth-order valence-corrected chi connectivity index (χ4v) is 4.48. The number of amides is 4. The molecule has 2 N–H and O–H groups in total. The van der Waals surface area contributed by atoms with Crippen molar-refractivity contribution in [2.24, 2.45) is 0 Å². The Bertz CT molecular complexity index is 993. The van der Waals surface area contributed by atoms with E-state index in [0.29, 0.717) is 12.8 Å². The minimum atomic E-state index is -1.05. The van der Waals surface area contributed by atoms with E-state index in [1.165, 1.54) is 11.1 Å². The van der Waals surface area contributed by atoms with Gasteiger partial charge in [0.2, 0.25) is 0 Å². The van der Waals surface area contributed by atoms with E-state index in [4.69, 9.17) is 0 Å². The molecule has 4 amide bonds. The van der Waals surface area contributed by atoms with Crippen molar-refractivity contribution in [3.05, 3.63) is 71.3 Å². The lowest BCUT2D eigenvalue weighted by Gasteiger charge is -2.26. The summed E-state index contributed by atoms with van der Waals surface area (Å²) in [7, 11) is 1.89. The van der Waals surface area contributed by atoms with Gasteiger partial charge in [0.15, 0.2) is 0 Å². The number of carbonyl (C=O) groups excluding carboxylic acids is 3. The fourth-order valence-electron chi connectivity index (χ4n) is 4.48. The molecule has 2 aromatic carbocycles. The van der Waals surface area contributed by atoms with Crippen LogP contribution in [0.1, 0.15) is 42.5 Å². The molecule has 0 saturated carbocycles. The third-order valence-electron chi connectivity index (χ3n) is 6.28. The van der Waals surface area contributed by atoms with E-state index < -0.39 is 17.5 Å². The number of hydrazine groups is 1. The van der Waals surface area contributed by atoms with E-state index in [1.54, 1.807) is 6.92 Å². The van der Waals surface area contributed by atoms with Gasteiger partial charge in [0.1, 0.15) is 5.54 Å². The summed E-state index contributed by atoms with van der Waals surface area (Å²) < 4.78 is 0. The Morgan fingerprint density at radius 3 is 2.65 bits per heavy atom. The summed E-state index contributed by atoms with van der Waals surface area (Å²) in [6.07, 6.45) is 3.03. The predicted octanol–water partition coefficient (Wildman–Crippen LogP) is 2.58. The topological polar surface area (TPSA) is 81.8 Å². The zero-order chi connectivity index (χ0) is 22.0. The van der Waals surface area contributed by atoms with Gasteiger partial charge in [0.05, 0.1) is 6.54 Å². The number of urea groups is 1. The largest absolute Gasteiger partial charge is 0.344 e. The lowest BCUT2D eigenvalue weighted by molar-refractivity contribution is -0.139. The smallest absolute Gasteiger partial charge is 0.322 e. The molecule has 1 aliphatic carbocycles. The van der Waals surface area contributed by atoms with Crippen molar-refractivity contribution >= 4 is 17.8 Å². The second kappa shape index (κ2) is 8.51. The molecule has 1 heterocycles. The number of hydrogen-bond donors (Lipinski definition) is 2. The van der Waals surface area contributed by atoms with E-state index in [1.807, 2.05) is 54.4 Å². The molecule has 1 fully saturated rings. The molecule has 0 radical (unpaired) electrons. The Labute approximate surface area is 182 Å². The SMILES string of the molecule is CN(CC(=O)NN1C(=O)N[C@@](C)(CCc2ccccc2)C1=O)[C@@H]1CCc2ccccc21. The van der Waals surface area contributed by atoms with Crippen LogP contribution in [0.3, 0.4) is 0 Å². The molecular formula is C24H28N4O3. The minimum Gasteiger partial charge on any atom is -0.322 e. The lowest BCUT2D eigenvalue weighted by Crippen LogP contribution is -2.51. The van der Waals surface area contributed by atoms with Gasteiger partial charge in [-0.1, -0.05) is 54.6 Å². The number of fused-ring (bicyclic) bond motifs is 1. The third-order valence-corrected chi connectivity index (χ3v) is 6.28. The number of hydrogen-bond acceptors (Lipinski definition) is 4. The number of benzene rings is 2. The average molecular weight is 421 g/mol. The number of carbonyl (C=O) groups is 3. The van der Waals surface area contributed by atoms with E-state index in [2.05, 4.69) is 22.9 Å². The van der Waals surface area contributed by atoms with Crippen LogP contribution in [0.15, 0.2) is 54.6 Å². The van der Waals surface area contributed by atoms with Gasteiger partial charge in [-0.3, -0.25) is 19.9 Å². The zero-order valence-electron chi connectivity index (χ0n) is 17.9. The molecule has 1 aliphatic heterocycles. The second-order valence-corrected chi connectivity index (χ2v) is 8.59. The van der Waals surface area contributed by atoms with Crippen LogP contribution in [0, 0.1) is 0 Å². The van der Waals surface area contributed by atoms with Crippen molar-refractivity contribution in [3.8, 4) is 0 Å². The van der Waals surface area contributed by atoms with Gasteiger partial charge in [-0.15, -0.1) is 0 Å². The van der Waals surface area contributed by atoms with Crippen molar-refractivity contribution in [2.75, 3.05) is 13.6 Å².